The average Bonchev–Trinajstić information content (AvgIpc) is 2.32. The summed E-state index contributed by atoms with van der Waals surface area (Å²) in [5, 5.41) is 3.58. The highest BCUT2D eigenvalue weighted by atomic mass is 15.3. The fraction of sp³-hybridized carbons (Fsp3) is 1.00. The molecule has 120 valence electrons. The van der Waals surface area contributed by atoms with Crippen molar-refractivity contribution in [2.24, 2.45) is 0 Å². The van der Waals surface area contributed by atoms with E-state index in [1.54, 1.807) is 0 Å². The molecule has 0 amide bonds. The SMILES string of the molecule is CC(CCCNC(C)(C)C)N1CCN(C(C)(C)C)CC1. The van der Waals surface area contributed by atoms with Crippen LogP contribution in [-0.4, -0.2) is 59.6 Å². The van der Waals surface area contributed by atoms with Crippen LogP contribution in [0.25, 0.3) is 0 Å². The van der Waals surface area contributed by atoms with Crippen molar-refractivity contribution in [2.45, 2.75) is 78.4 Å². The summed E-state index contributed by atoms with van der Waals surface area (Å²) in [7, 11) is 0. The summed E-state index contributed by atoms with van der Waals surface area (Å²) >= 11 is 0. The fourth-order valence-corrected chi connectivity index (χ4v) is 2.88. The van der Waals surface area contributed by atoms with Crippen molar-refractivity contribution in [3.8, 4) is 0 Å². The molecule has 0 bridgehead atoms. The van der Waals surface area contributed by atoms with E-state index in [2.05, 4.69) is 63.6 Å². The van der Waals surface area contributed by atoms with Crippen LogP contribution in [0.1, 0.15) is 61.3 Å². The maximum Gasteiger partial charge on any atom is 0.0126 e. The Bertz CT molecular complexity index is 267. The maximum atomic E-state index is 3.58. The van der Waals surface area contributed by atoms with Crippen LogP contribution in [0, 0.1) is 0 Å². The van der Waals surface area contributed by atoms with Gasteiger partial charge in [0.05, 0.1) is 0 Å². The van der Waals surface area contributed by atoms with Gasteiger partial charge in [0.15, 0.2) is 0 Å². The quantitative estimate of drug-likeness (QED) is 0.783. The van der Waals surface area contributed by atoms with Gasteiger partial charge in [-0.3, -0.25) is 9.80 Å². The summed E-state index contributed by atoms with van der Waals surface area (Å²) in [6.07, 6.45) is 2.58. The molecule has 1 N–H and O–H groups in total. The number of rotatable bonds is 5. The van der Waals surface area contributed by atoms with Crippen LogP contribution in [0.3, 0.4) is 0 Å². The standard InChI is InChI=1S/C17H37N3/c1-15(9-8-10-18-16(2,3)4)19-11-13-20(14-12-19)17(5,6)7/h15,18H,8-14H2,1-7H3. The van der Waals surface area contributed by atoms with Crippen LogP contribution in [-0.2, 0) is 0 Å². The van der Waals surface area contributed by atoms with Gasteiger partial charge in [0.25, 0.3) is 0 Å². The first-order valence-corrected chi connectivity index (χ1v) is 8.34. The molecule has 1 rings (SSSR count). The summed E-state index contributed by atoms with van der Waals surface area (Å²) in [5.74, 6) is 0. The topological polar surface area (TPSA) is 18.5 Å². The third kappa shape index (κ3) is 6.55. The second-order valence-electron chi connectivity index (χ2n) is 8.36. The number of nitrogens with one attached hydrogen (secondary N) is 1. The number of piperazine rings is 1. The van der Waals surface area contributed by atoms with Crippen molar-refractivity contribution in [3.63, 3.8) is 0 Å². The average molecular weight is 284 g/mol. The van der Waals surface area contributed by atoms with Gasteiger partial charge >= 0.3 is 0 Å². The molecular weight excluding hydrogens is 246 g/mol. The van der Waals surface area contributed by atoms with Crippen molar-refractivity contribution < 1.29 is 0 Å². The van der Waals surface area contributed by atoms with Gasteiger partial charge < -0.3 is 5.32 Å². The van der Waals surface area contributed by atoms with Crippen molar-refractivity contribution in [1.29, 1.82) is 0 Å². The molecule has 0 spiro atoms. The summed E-state index contributed by atoms with van der Waals surface area (Å²) < 4.78 is 0. The van der Waals surface area contributed by atoms with Crippen LogP contribution >= 0.6 is 0 Å². The molecule has 3 heteroatoms. The Kier molecular flexibility index (Phi) is 6.49. The predicted molar refractivity (Wildman–Crippen MR) is 89.4 cm³/mol. The lowest BCUT2D eigenvalue weighted by Gasteiger charge is -2.44. The molecule has 0 radical (unpaired) electrons. The van der Waals surface area contributed by atoms with Crippen molar-refractivity contribution in [2.75, 3.05) is 32.7 Å². The van der Waals surface area contributed by atoms with E-state index in [1.807, 2.05) is 0 Å². The fourth-order valence-electron chi connectivity index (χ4n) is 2.88. The van der Waals surface area contributed by atoms with E-state index in [0.717, 1.165) is 12.6 Å². The maximum absolute atomic E-state index is 3.58. The Balaban J connectivity index is 2.21. The highest BCUT2D eigenvalue weighted by Crippen LogP contribution is 2.18. The zero-order valence-electron chi connectivity index (χ0n) is 14.9. The van der Waals surface area contributed by atoms with Gasteiger partial charge in [0, 0.05) is 43.3 Å². The van der Waals surface area contributed by atoms with Crippen molar-refractivity contribution in [3.05, 3.63) is 0 Å². The normalized spacial score (nSPS) is 21.1. The molecule has 1 atom stereocenters. The number of hydrogen-bond donors (Lipinski definition) is 1. The molecule has 0 aromatic heterocycles. The highest BCUT2D eigenvalue weighted by molar-refractivity contribution is 4.83. The second kappa shape index (κ2) is 7.24. The van der Waals surface area contributed by atoms with E-state index in [9.17, 15) is 0 Å². The monoisotopic (exact) mass is 283 g/mol. The minimum absolute atomic E-state index is 0.252. The van der Waals surface area contributed by atoms with E-state index in [0.29, 0.717) is 5.54 Å². The zero-order valence-corrected chi connectivity index (χ0v) is 14.9. The lowest BCUT2D eigenvalue weighted by atomic mass is 10.0. The van der Waals surface area contributed by atoms with Gasteiger partial charge in [-0.05, 0) is 67.9 Å². The van der Waals surface area contributed by atoms with E-state index in [-0.39, 0.29) is 5.54 Å². The first kappa shape index (κ1) is 17.9. The lowest BCUT2D eigenvalue weighted by Crippen LogP contribution is -2.55. The zero-order chi connectivity index (χ0) is 15.4. The molecule has 1 aliphatic heterocycles. The Morgan fingerprint density at radius 3 is 1.95 bits per heavy atom. The number of hydrogen-bond acceptors (Lipinski definition) is 3. The predicted octanol–water partition coefficient (Wildman–Crippen LogP) is 2.96. The molecule has 0 aromatic carbocycles. The van der Waals surface area contributed by atoms with E-state index in [1.165, 1.54) is 39.0 Å². The smallest absolute Gasteiger partial charge is 0.0126 e. The summed E-state index contributed by atoms with van der Waals surface area (Å²) in [4.78, 5) is 5.27. The van der Waals surface area contributed by atoms with E-state index >= 15 is 0 Å². The van der Waals surface area contributed by atoms with Gasteiger partial charge in [-0.2, -0.15) is 0 Å². The Morgan fingerprint density at radius 2 is 1.50 bits per heavy atom. The molecule has 1 saturated heterocycles. The molecule has 1 unspecified atom stereocenters. The summed E-state index contributed by atoms with van der Waals surface area (Å²) in [6.45, 7) is 22.1. The Hall–Kier alpha value is -0.120. The number of nitrogens with zero attached hydrogens (tertiary/aromatic N) is 2. The van der Waals surface area contributed by atoms with Crippen molar-refractivity contribution >= 4 is 0 Å². The minimum Gasteiger partial charge on any atom is -0.312 e. The van der Waals surface area contributed by atoms with Crippen LogP contribution < -0.4 is 5.32 Å². The van der Waals surface area contributed by atoms with Gasteiger partial charge in [0.1, 0.15) is 0 Å². The van der Waals surface area contributed by atoms with Gasteiger partial charge in [-0.15, -0.1) is 0 Å². The van der Waals surface area contributed by atoms with E-state index < -0.39 is 0 Å². The molecule has 3 nitrogen and oxygen atoms in total. The van der Waals surface area contributed by atoms with Gasteiger partial charge in [0.2, 0.25) is 0 Å². The van der Waals surface area contributed by atoms with Gasteiger partial charge in [-0.25, -0.2) is 0 Å². The lowest BCUT2D eigenvalue weighted by molar-refractivity contribution is 0.0435. The highest BCUT2D eigenvalue weighted by Gasteiger charge is 2.27. The molecule has 1 aliphatic rings. The first-order valence-electron chi connectivity index (χ1n) is 8.34. The molecule has 1 fully saturated rings. The van der Waals surface area contributed by atoms with Gasteiger partial charge in [-0.1, -0.05) is 0 Å². The van der Waals surface area contributed by atoms with Crippen molar-refractivity contribution in [1.82, 2.24) is 15.1 Å². The largest absolute Gasteiger partial charge is 0.312 e. The minimum atomic E-state index is 0.252. The third-order valence-corrected chi connectivity index (χ3v) is 4.34. The molecule has 0 aromatic rings. The molecule has 1 heterocycles. The molecule has 0 aliphatic carbocycles. The van der Waals surface area contributed by atoms with Crippen LogP contribution in [0.2, 0.25) is 0 Å². The first-order chi connectivity index (χ1) is 9.09. The summed E-state index contributed by atoms with van der Waals surface area (Å²) in [6, 6.07) is 0.721. The van der Waals surface area contributed by atoms with E-state index in [4.69, 9.17) is 0 Å². The van der Waals surface area contributed by atoms with Crippen LogP contribution in [0.4, 0.5) is 0 Å². The summed E-state index contributed by atoms with van der Waals surface area (Å²) in [5.41, 5.74) is 0.577. The van der Waals surface area contributed by atoms with Crippen LogP contribution in [0.5, 0.6) is 0 Å². The second-order valence-corrected chi connectivity index (χ2v) is 8.36. The Labute approximate surface area is 127 Å². The molecular formula is C17H37N3. The molecule has 20 heavy (non-hydrogen) atoms. The van der Waals surface area contributed by atoms with Crippen LogP contribution in [0.15, 0.2) is 0 Å². The third-order valence-electron chi connectivity index (χ3n) is 4.34. The molecule has 0 saturated carbocycles. The Morgan fingerprint density at radius 1 is 0.950 bits per heavy atom.